The first-order valence-electron chi connectivity index (χ1n) is 15.5. The topological polar surface area (TPSA) is 150 Å². The zero-order valence-electron chi connectivity index (χ0n) is 26.1. The first kappa shape index (κ1) is 35.2. The molecule has 12 nitrogen and oxygen atoms in total. The number of imide groups is 1. The number of esters is 1. The number of nitrogens with one attached hydrogen (secondary N) is 1. The third-order valence-corrected chi connectivity index (χ3v) is 7.15. The molecule has 0 fully saturated rings. The van der Waals surface area contributed by atoms with Crippen LogP contribution in [0.1, 0.15) is 38.3 Å². The highest BCUT2D eigenvalue weighted by Gasteiger charge is 2.34. The van der Waals surface area contributed by atoms with Gasteiger partial charge < -0.3 is 34.1 Å². The summed E-state index contributed by atoms with van der Waals surface area (Å²) < 4.78 is 27.4. The summed E-state index contributed by atoms with van der Waals surface area (Å²) in [6, 6.07) is 21.5. The summed E-state index contributed by atoms with van der Waals surface area (Å²) in [7, 11) is 0. The Morgan fingerprint density at radius 2 is 1.19 bits per heavy atom. The maximum absolute atomic E-state index is 12.8. The van der Waals surface area contributed by atoms with Crippen molar-refractivity contribution in [3.05, 3.63) is 101 Å². The summed E-state index contributed by atoms with van der Waals surface area (Å²) in [4.78, 5) is 51.3. The minimum Gasteiger partial charge on any atom is -0.508 e. The van der Waals surface area contributed by atoms with Crippen molar-refractivity contribution in [2.24, 2.45) is 0 Å². The Balaban J connectivity index is 1.01. The average Bonchev–Trinajstić information content (AvgIpc) is 3.33. The van der Waals surface area contributed by atoms with E-state index < -0.39 is 12.0 Å². The van der Waals surface area contributed by atoms with Gasteiger partial charge in [-0.3, -0.25) is 19.3 Å². The number of ether oxygens (including phenoxy) is 5. The molecule has 3 aromatic carbocycles. The molecule has 47 heavy (non-hydrogen) atoms. The van der Waals surface area contributed by atoms with E-state index in [0.717, 1.165) is 11.1 Å². The predicted molar refractivity (Wildman–Crippen MR) is 170 cm³/mol. The highest BCUT2D eigenvalue weighted by atomic mass is 16.6. The first-order valence-corrected chi connectivity index (χ1v) is 15.5. The summed E-state index contributed by atoms with van der Waals surface area (Å²) in [6.07, 6.45) is 0.257. The van der Waals surface area contributed by atoms with Gasteiger partial charge >= 0.3 is 5.97 Å². The van der Waals surface area contributed by atoms with Gasteiger partial charge in [-0.15, -0.1) is 0 Å². The van der Waals surface area contributed by atoms with E-state index in [-0.39, 0.29) is 69.3 Å². The van der Waals surface area contributed by atoms with E-state index in [1.807, 2.05) is 30.3 Å². The summed E-state index contributed by atoms with van der Waals surface area (Å²) in [6.45, 7) is 2.59. The fraction of sp³-hybridized carbons (Fsp3) is 0.371. The van der Waals surface area contributed by atoms with Crippen molar-refractivity contribution in [2.45, 2.75) is 25.5 Å². The highest BCUT2D eigenvalue weighted by molar-refractivity contribution is 6.21. The van der Waals surface area contributed by atoms with Crippen LogP contribution in [0.3, 0.4) is 0 Å². The molecule has 0 spiro atoms. The van der Waals surface area contributed by atoms with Crippen LogP contribution in [0.15, 0.2) is 78.9 Å². The van der Waals surface area contributed by atoms with Crippen molar-refractivity contribution >= 4 is 23.7 Å². The van der Waals surface area contributed by atoms with Crippen LogP contribution >= 0.6 is 0 Å². The number of rotatable bonds is 21. The third-order valence-electron chi connectivity index (χ3n) is 7.15. The minimum atomic E-state index is -0.902. The summed E-state index contributed by atoms with van der Waals surface area (Å²) in [5, 5.41) is 12.3. The van der Waals surface area contributed by atoms with Gasteiger partial charge in [0.05, 0.1) is 70.5 Å². The van der Waals surface area contributed by atoms with Crippen LogP contribution in [0.4, 0.5) is 0 Å². The molecule has 3 amide bonds. The molecule has 250 valence electrons. The zero-order valence-corrected chi connectivity index (χ0v) is 26.1. The maximum atomic E-state index is 12.8. The van der Waals surface area contributed by atoms with Crippen molar-refractivity contribution in [3.63, 3.8) is 0 Å². The van der Waals surface area contributed by atoms with Crippen LogP contribution in [0.25, 0.3) is 0 Å². The standard InChI is InChI=1S/C35H40N2O10/c38-28-12-10-26(11-13-28)24-31(35(42)47-25-27-6-2-1-3-7-27)36-32(39)14-16-43-18-20-45-22-23-46-21-19-44-17-15-37-33(40)29-8-4-5-9-30(29)34(37)41/h1-13,31,38H,14-25H2,(H,36,39). The molecule has 0 radical (unpaired) electrons. The Kier molecular flexibility index (Phi) is 14.3. The maximum Gasteiger partial charge on any atom is 0.329 e. The molecule has 1 aliphatic rings. The molecule has 0 saturated heterocycles. The fourth-order valence-corrected chi connectivity index (χ4v) is 4.68. The molecule has 0 bridgehead atoms. The Morgan fingerprint density at radius 1 is 0.660 bits per heavy atom. The molecule has 3 aromatic rings. The molecule has 1 heterocycles. The molecule has 1 aliphatic heterocycles. The van der Waals surface area contributed by atoms with Gasteiger partial charge in [-0.05, 0) is 35.4 Å². The number of phenolic OH excluding ortho intramolecular Hbond substituents is 1. The lowest BCUT2D eigenvalue weighted by Crippen LogP contribution is -2.43. The first-order chi connectivity index (χ1) is 22.9. The smallest absolute Gasteiger partial charge is 0.329 e. The average molecular weight is 649 g/mol. The van der Waals surface area contributed by atoms with Gasteiger partial charge in [-0.25, -0.2) is 4.79 Å². The Labute approximate surface area is 273 Å². The van der Waals surface area contributed by atoms with E-state index >= 15 is 0 Å². The van der Waals surface area contributed by atoms with Crippen molar-refractivity contribution < 1.29 is 48.0 Å². The van der Waals surface area contributed by atoms with E-state index in [9.17, 15) is 24.3 Å². The second-order valence-corrected chi connectivity index (χ2v) is 10.6. The van der Waals surface area contributed by atoms with Gasteiger partial charge in [-0.1, -0.05) is 54.6 Å². The van der Waals surface area contributed by atoms with Crippen LogP contribution in [-0.4, -0.2) is 99.1 Å². The van der Waals surface area contributed by atoms with Gasteiger partial charge in [-0.2, -0.15) is 0 Å². The van der Waals surface area contributed by atoms with Crippen LogP contribution in [0.2, 0.25) is 0 Å². The molecular formula is C35H40N2O10. The number of carbonyl (C=O) groups excluding carboxylic acids is 4. The predicted octanol–water partition coefficient (Wildman–Crippen LogP) is 2.92. The van der Waals surface area contributed by atoms with Gasteiger partial charge in [0.15, 0.2) is 0 Å². The number of aromatic hydroxyl groups is 1. The summed E-state index contributed by atoms with van der Waals surface area (Å²) in [5.74, 6) is -1.41. The lowest BCUT2D eigenvalue weighted by Gasteiger charge is -2.18. The number of nitrogens with zero attached hydrogens (tertiary/aromatic N) is 1. The molecule has 0 saturated carbocycles. The second kappa shape index (κ2) is 19.1. The molecule has 2 N–H and O–H groups in total. The Hall–Kier alpha value is -4.62. The Bertz CT molecular complexity index is 1410. The van der Waals surface area contributed by atoms with Gasteiger partial charge in [0.1, 0.15) is 18.4 Å². The number of fused-ring (bicyclic) bond motifs is 1. The van der Waals surface area contributed by atoms with Gasteiger partial charge in [0.25, 0.3) is 11.8 Å². The molecule has 1 atom stereocenters. The molecule has 1 unspecified atom stereocenters. The fourth-order valence-electron chi connectivity index (χ4n) is 4.68. The largest absolute Gasteiger partial charge is 0.508 e. The molecule has 0 aliphatic carbocycles. The number of benzene rings is 3. The van der Waals surface area contributed by atoms with Crippen LogP contribution < -0.4 is 5.32 Å². The molecule has 12 heteroatoms. The minimum absolute atomic E-state index is 0.0498. The van der Waals surface area contributed by atoms with E-state index in [1.165, 1.54) is 17.0 Å². The van der Waals surface area contributed by atoms with E-state index in [2.05, 4.69) is 5.32 Å². The van der Waals surface area contributed by atoms with E-state index in [1.54, 1.807) is 36.4 Å². The van der Waals surface area contributed by atoms with Crippen molar-refractivity contribution in [1.29, 1.82) is 0 Å². The lowest BCUT2D eigenvalue weighted by atomic mass is 10.1. The number of amides is 3. The van der Waals surface area contributed by atoms with Crippen molar-refractivity contribution in [1.82, 2.24) is 10.2 Å². The quantitative estimate of drug-likeness (QED) is 0.100. The number of hydrogen-bond acceptors (Lipinski definition) is 10. The van der Waals surface area contributed by atoms with Crippen molar-refractivity contribution in [3.8, 4) is 5.75 Å². The van der Waals surface area contributed by atoms with Crippen molar-refractivity contribution in [2.75, 3.05) is 59.4 Å². The van der Waals surface area contributed by atoms with Gasteiger partial charge in [0.2, 0.25) is 5.91 Å². The van der Waals surface area contributed by atoms with Gasteiger partial charge in [0, 0.05) is 12.8 Å². The number of hydrogen-bond donors (Lipinski definition) is 2. The lowest BCUT2D eigenvalue weighted by molar-refractivity contribution is -0.149. The summed E-state index contributed by atoms with van der Waals surface area (Å²) >= 11 is 0. The normalized spacial score (nSPS) is 13.0. The molecule has 0 aromatic heterocycles. The Morgan fingerprint density at radius 3 is 1.79 bits per heavy atom. The molecular weight excluding hydrogens is 608 g/mol. The monoisotopic (exact) mass is 648 g/mol. The number of carbonyl (C=O) groups is 4. The van der Waals surface area contributed by atoms with E-state index in [4.69, 9.17) is 23.7 Å². The number of phenols is 1. The van der Waals surface area contributed by atoms with Crippen LogP contribution in [0, 0.1) is 0 Å². The highest BCUT2D eigenvalue weighted by Crippen LogP contribution is 2.22. The molecule has 4 rings (SSSR count). The SMILES string of the molecule is O=C(CCOCCOCCOCCOCCN1C(=O)c2ccccc2C1=O)NC(Cc1ccc(O)cc1)C(=O)OCc1ccccc1. The van der Waals surface area contributed by atoms with E-state index in [0.29, 0.717) is 44.2 Å². The third kappa shape index (κ3) is 11.6. The second-order valence-electron chi connectivity index (χ2n) is 10.6. The van der Waals surface area contributed by atoms with Crippen LogP contribution in [0.5, 0.6) is 5.75 Å². The zero-order chi connectivity index (χ0) is 33.3. The summed E-state index contributed by atoms with van der Waals surface area (Å²) in [5.41, 5.74) is 2.43. The van der Waals surface area contributed by atoms with Crippen LogP contribution in [-0.2, 0) is 46.3 Å².